The minimum Gasteiger partial charge on any atom is -0.478 e. The Bertz CT molecular complexity index is 601. The highest BCUT2D eigenvalue weighted by Gasteiger charge is 2.20. The standard InChI is InChI=1S/C13H20N2O5S/c1-4-14-21(18,19)12-7-10(13(16)17)5-6-11(12)15-9(2)8-20-3/h5-7,9,14-15H,4,8H2,1-3H3,(H,16,17)/t9-/m1/s1. The van der Waals surface area contributed by atoms with E-state index >= 15 is 0 Å². The summed E-state index contributed by atoms with van der Waals surface area (Å²) >= 11 is 0. The fourth-order valence-corrected chi connectivity index (χ4v) is 3.06. The maximum Gasteiger partial charge on any atom is 0.335 e. The third-order valence-electron chi connectivity index (χ3n) is 2.67. The predicted molar refractivity (Wildman–Crippen MR) is 79.2 cm³/mol. The normalized spacial score (nSPS) is 12.9. The van der Waals surface area contributed by atoms with E-state index in [-0.39, 0.29) is 23.0 Å². The molecule has 0 aliphatic carbocycles. The van der Waals surface area contributed by atoms with Crippen LogP contribution >= 0.6 is 0 Å². The van der Waals surface area contributed by atoms with Crippen LogP contribution < -0.4 is 10.0 Å². The molecule has 1 atom stereocenters. The second-order valence-electron chi connectivity index (χ2n) is 4.52. The molecule has 0 saturated heterocycles. The van der Waals surface area contributed by atoms with E-state index in [1.165, 1.54) is 12.1 Å². The van der Waals surface area contributed by atoms with E-state index in [1.807, 2.05) is 6.92 Å². The lowest BCUT2D eigenvalue weighted by Crippen LogP contribution is -2.27. The molecule has 1 aromatic carbocycles. The number of sulfonamides is 1. The summed E-state index contributed by atoms with van der Waals surface area (Å²) in [4.78, 5) is 10.9. The smallest absolute Gasteiger partial charge is 0.335 e. The van der Waals surface area contributed by atoms with Crippen molar-refractivity contribution < 1.29 is 23.1 Å². The lowest BCUT2D eigenvalue weighted by molar-refractivity contribution is 0.0696. The van der Waals surface area contributed by atoms with Crippen LogP contribution in [-0.2, 0) is 14.8 Å². The van der Waals surface area contributed by atoms with Crippen LogP contribution in [0.5, 0.6) is 0 Å². The Kier molecular flexibility index (Phi) is 6.13. The van der Waals surface area contributed by atoms with E-state index < -0.39 is 16.0 Å². The number of carbonyl (C=O) groups is 1. The fraction of sp³-hybridized carbons (Fsp3) is 0.462. The second-order valence-corrected chi connectivity index (χ2v) is 6.25. The van der Waals surface area contributed by atoms with Gasteiger partial charge in [0.15, 0.2) is 0 Å². The van der Waals surface area contributed by atoms with Crippen LogP contribution in [0.1, 0.15) is 24.2 Å². The molecule has 0 spiro atoms. The summed E-state index contributed by atoms with van der Waals surface area (Å²) in [7, 11) is -2.23. The largest absolute Gasteiger partial charge is 0.478 e. The minimum absolute atomic E-state index is 0.0866. The number of carboxylic acid groups (broad SMARTS) is 1. The summed E-state index contributed by atoms with van der Waals surface area (Å²) in [6.07, 6.45) is 0. The van der Waals surface area contributed by atoms with Gasteiger partial charge in [0, 0.05) is 19.7 Å². The summed E-state index contributed by atoms with van der Waals surface area (Å²) in [5.74, 6) is -1.18. The van der Waals surface area contributed by atoms with E-state index in [2.05, 4.69) is 10.0 Å². The van der Waals surface area contributed by atoms with Crippen LogP contribution in [0.25, 0.3) is 0 Å². The highest BCUT2D eigenvalue weighted by atomic mass is 32.2. The monoisotopic (exact) mass is 316 g/mol. The van der Waals surface area contributed by atoms with Crippen molar-refractivity contribution in [3.05, 3.63) is 23.8 Å². The van der Waals surface area contributed by atoms with Gasteiger partial charge >= 0.3 is 5.97 Å². The van der Waals surface area contributed by atoms with Gasteiger partial charge in [-0.2, -0.15) is 0 Å². The minimum atomic E-state index is -3.77. The van der Waals surface area contributed by atoms with Crippen molar-refractivity contribution in [2.24, 2.45) is 0 Å². The maximum absolute atomic E-state index is 12.2. The predicted octanol–water partition coefficient (Wildman–Crippen LogP) is 1.13. The summed E-state index contributed by atoms with van der Waals surface area (Å²) in [6.45, 7) is 4.09. The number of rotatable bonds is 8. The highest BCUT2D eigenvalue weighted by molar-refractivity contribution is 7.89. The van der Waals surface area contributed by atoms with Crippen LogP contribution in [-0.4, -0.2) is 45.8 Å². The Morgan fingerprint density at radius 3 is 2.62 bits per heavy atom. The number of hydrogen-bond donors (Lipinski definition) is 3. The van der Waals surface area contributed by atoms with Gasteiger partial charge in [0.1, 0.15) is 4.90 Å². The zero-order chi connectivity index (χ0) is 16.0. The molecular weight excluding hydrogens is 296 g/mol. The molecule has 118 valence electrons. The van der Waals surface area contributed by atoms with Crippen molar-refractivity contribution in [2.75, 3.05) is 25.6 Å². The number of aromatic carboxylic acids is 1. The average molecular weight is 316 g/mol. The molecule has 0 aliphatic rings. The van der Waals surface area contributed by atoms with Crippen LogP contribution in [0.3, 0.4) is 0 Å². The molecule has 0 aromatic heterocycles. The number of hydrogen-bond acceptors (Lipinski definition) is 5. The molecule has 0 fully saturated rings. The van der Waals surface area contributed by atoms with Gasteiger partial charge in [-0.1, -0.05) is 6.92 Å². The van der Waals surface area contributed by atoms with Crippen LogP contribution in [0.15, 0.2) is 23.1 Å². The van der Waals surface area contributed by atoms with Crippen LogP contribution in [0.4, 0.5) is 5.69 Å². The molecule has 0 unspecified atom stereocenters. The molecule has 8 heteroatoms. The van der Waals surface area contributed by atoms with E-state index in [1.54, 1.807) is 14.0 Å². The Balaban J connectivity index is 3.27. The SMILES string of the molecule is CCNS(=O)(=O)c1cc(C(=O)O)ccc1N[C@H](C)COC. The lowest BCUT2D eigenvalue weighted by atomic mass is 10.2. The van der Waals surface area contributed by atoms with Crippen molar-refractivity contribution in [1.82, 2.24) is 4.72 Å². The molecule has 1 aromatic rings. The molecule has 0 heterocycles. The Morgan fingerprint density at radius 2 is 2.10 bits per heavy atom. The van der Waals surface area contributed by atoms with Gasteiger partial charge in [-0.25, -0.2) is 17.9 Å². The molecule has 0 saturated carbocycles. The van der Waals surface area contributed by atoms with Gasteiger partial charge in [0.25, 0.3) is 0 Å². The number of anilines is 1. The van der Waals surface area contributed by atoms with Crippen molar-refractivity contribution in [3.63, 3.8) is 0 Å². The molecule has 7 nitrogen and oxygen atoms in total. The summed E-state index contributed by atoms with van der Waals surface area (Å²) in [6, 6.07) is 3.82. The molecule has 1 rings (SSSR count). The first-order chi connectivity index (χ1) is 9.81. The maximum atomic E-state index is 12.2. The summed E-state index contributed by atoms with van der Waals surface area (Å²) in [5, 5.41) is 12.0. The summed E-state index contributed by atoms with van der Waals surface area (Å²) < 4.78 is 31.7. The Morgan fingerprint density at radius 1 is 1.43 bits per heavy atom. The van der Waals surface area contributed by atoms with Crippen molar-refractivity contribution >= 4 is 21.7 Å². The molecule has 0 radical (unpaired) electrons. The quantitative estimate of drug-likeness (QED) is 0.664. The molecular formula is C13H20N2O5S. The number of carboxylic acids is 1. The molecule has 3 N–H and O–H groups in total. The molecule has 0 bridgehead atoms. The summed E-state index contributed by atoms with van der Waals surface area (Å²) in [5.41, 5.74) is 0.252. The van der Waals surface area contributed by atoms with Crippen LogP contribution in [0, 0.1) is 0 Å². The number of ether oxygens (including phenoxy) is 1. The first-order valence-corrected chi connectivity index (χ1v) is 7.92. The highest BCUT2D eigenvalue weighted by Crippen LogP contribution is 2.23. The van der Waals surface area contributed by atoms with Gasteiger partial charge in [0.05, 0.1) is 17.9 Å². The van der Waals surface area contributed by atoms with E-state index in [0.29, 0.717) is 12.3 Å². The molecule has 21 heavy (non-hydrogen) atoms. The Hall–Kier alpha value is -1.64. The average Bonchev–Trinajstić information content (AvgIpc) is 2.38. The zero-order valence-electron chi connectivity index (χ0n) is 12.2. The van der Waals surface area contributed by atoms with Gasteiger partial charge < -0.3 is 15.2 Å². The fourth-order valence-electron chi connectivity index (χ4n) is 1.82. The third-order valence-corrected chi connectivity index (χ3v) is 4.26. The van der Waals surface area contributed by atoms with E-state index in [4.69, 9.17) is 9.84 Å². The topological polar surface area (TPSA) is 105 Å². The third kappa shape index (κ3) is 4.69. The van der Waals surface area contributed by atoms with Crippen molar-refractivity contribution in [1.29, 1.82) is 0 Å². The van der Waals surface area contributed by atoms with E-state index in [0.717, 1.165) is 6.07 Å². The first kappa shape index (κ1) is 17.4. The van der Waals surface area contributed by atoms with Gasteiger partial charge in [-0.3, -0.25) is 0 Å². The number of benzene rings is 1. The lowest BCUT2D eigenvalue weighted by Gasteiger charge is -2.18. The zero-order valence-corrected chi connectivity index (χ0v) is 13.0. The van der Waals surface area contributed by atoms with E-state index in [9.17, 15) is 13.2 Å². The van der Waals surface area contributed by atoms with Crippen LogP contribution in [0.2, 0.25) is 0 Å². The first-order valence-electron chi connectivity index (χ1n) is 6.44. The van der Waals surface area contributed by atoms with Crippen molar-refractivity contribution in [3.8, 4) is 0 Å². The van der Waals surface area contributed by atoms with Gasteiger partial charge in [-0.05, 0) is 25.1 Å². The van der Waals surface area contributed by atoms with Gasteiger partial charge in [-0.15, -0.1) is 0 Å². The molecule has 0 aliphatic heterocycles. The Labute approximate surface area is 124 Å². The van der Waals surface area contributed by atoms with Gasteiger partial charge in [0.2, 0.25) is 10.0 Å². The molecule has 0 amide bonds. The number of methoxy groups -OCH3 is 1. The second kappa shape index (κ2) is 7.39. The van der Waals surface area contributed by atoms with Crippen molar-refractivity contribution in [2.45, 2.75) is 24.8 Å². The number of nitrogens with one attached hydrogen (secondary N) is 2.